The van der Waals surface area contributed by atoms with E-state index in [2.05, 4.69) is 0 Å². The maximum Gasteiger partial charge on any atom is 0.327 e. The van der Waals surface area contributed by atoms with E-state index in [1.165, 1.54) is 12.1 Å². The second-order valence-electron chi connectivity index (χ2n) is 6.15. The van der Waals surface area contributed by atoms with Gasteiger partial charge < -0.3 is 4.74 Å². The number of carbonyl (C=O) groups excluding carboxylic acids is 1. The number of aryl methyl sites for hydroxylation is 2. The standard InChI is InChI=1S/C19H23NO4S/c1-14(2)24-19(21)13-20(18-12-15(3)10-11-16(18)4)25(22,23)17-8-6-5-7-9-17/h5-12,14H,13H2,1-4H3. The lowest BCUT2D eigenvalue weighted by atomic mass is 10.1. The molecule has 0 amide bonds. The number of esters is 1. The molecule has 2 aromatic rings. The summed E-state index contributed by atoms with van der Waals surface area (Å²) in [5, 5.41) is 0. The monoisotopic (exact) mass is 361 g/mol. The fourth-order valence-corrected chi connectivity index (χ4v) is 3.91. The highest BCUT2D eigenvalue weighted by atomic mass is 32.2. The summed E-state index contributed by atoms with van der Waals surface area (Å²) in [6.45, 7) is 6.77. The Bertz CT molecular complexity index is 845. The molecular weight excluding hydrogens is 338 g/mol. The quantitative estimate of drug-likeness (QED) is 0.739. The summed E-state index contributed by atoms with van der Waals surface area (Å²) in [6.07, 6.45) is -0.313. The van der Waals surface area contributed by atoms with E-state index in [-0.39, 0.29) is 17.5 Å². The number of hydrogen-bond acceptors (Lipinski definition) is 4. The zero-order valence-corrected chi connectivity index (χ0v) is 15.7. The smallest absolute Gasteiger partial charge is 0.327 e. The molecule has 2 aromatic carbocycles. The Morgan fingerprint density at radius 1 is 1.08 bits per heavy atom. The lowest BCUT2D eigenvalue weighted by molar-refractivity contribution is -0.145. The van der Waals surface area contributed by atoms with E-state index in [0.717, 1.165) is 15.4 Å². The molecule has 5 nitrogen and oxygen atoms in total. The third-order valence-corrected chi connectivity index (χ3v) is 5.38. The van der Waals surface area contributed by atoms with Crippen LogP contribution in [0.3, 0.4) is 0 Å². The predicted molar refractivity (Wildman–Crippen MR) is 98.1 cm³/mol. The Kier molecular flexibility index (Phi) is 5.85. The van der Waals surface area contributed by atoms with E-state index in [0.29, 0.717) is 5.69 Å². The van der Waals surface area contributed by atoms with E-state index in [4.69, 9.17) is 4.74 Å². The minimum Gasteiger partial charge on any atom is -0.462 e. The van der Waals surface area contributed by atoms with Gasteiger partial charge in [0.15, 0.2) is 0 Å². The highest BCUT2D eigenvalue weighted by Crippen LogP contribution is 2.27. The molecule has 0 aliphatic carbocycles. The van der Waals surface area contributed by atoms with Crippen LogP contribution in [0.2, 0.25) is 0 Å². The van der Waals surface area contributed by atoms with Crippen molar-refractivity contribution in [1.82, 2.24) is 0 Å². The molecule has 0 atom stereocenters. The van der Waals surface area contributed by atoms with Gasteiger partial charge in [0.2, 0.25) is 0 Å². The molecule has 2 rings (SSSR count). The summed E-state index contributed by atoms with van der Waals surface area (Å²) >= 11 is 0. The number of sulfonamides is 1. The molecule has 0 aliphatic heterocycles. The number of anilines is 1. The van der Waals surface area contributed by atoms with Crippen LogP contribution in [-0.4, -0.2) is 27.0 Å². The third-order valence-electron chi connectivity index (χ3n) is 3.60. The Morgan fingerprint density at radius 2 is 1.72 bits per heavy atom. The van der Waals surface area contributed by atoms with Crippen LogP contribution in [0, 0.1) is 13.8 Å². The number of carbonyl (C=O) groups is 1. The Hall–Kier alpha value is -2.34. The molecule has 0 unspecified atom stereocenters. The molecule has 0 aromatic heterocycles. The summed E-state index contributed by atoms with van der Waals surface area (Å²) in [7, 11) is -3.89. The molecule has 25 heavy (non-hydrogen) atoms. The topological polar surface area (TPSA) is 63.7 Å². The lowest BCUT2D eigenvalue weighted by Crippen LogP contribution is -2.37. The second-order valence-corrected chi connectivity index (χ2v) is 8.02. The van der Waals surface area contributed by atoms with Crippen molar-refractivity contribution in [3.8, 4) is 0 Å². The second kappa shape index (κ2) is 7.70. The molecule has 0 radical (unpaired) electrons. The molecule has 0 aliphatic rings. The lowest BCUT2D eigenvalue weighted by Gasteiger charge is -2.26. The van der Waals surface area contributed by atoms with Crippen molar-refractivity contribution >= 4 is 21.7 Å². The van der Waals surface area contributed by atoms with Crippen molar-refractivity contribution in [1.29, 1.82) is 0 Å². The number of rotatable bonds is 6. The van der Waals surface area contributed by atoms with Gasteiger partial charge >= 0.3 is 5.97 Å². The zero-order valence-electron chi connectivity index (χ0n) is 14.9. The number of benzene rings is 2. The molecule has 6 heteroatoms. The van der Waals surface area contributed by atoms with Crippen LogP contribution in [0.15, 0.2) is 53.4 Å². The van der Waals surface area contributed by atoms with Crippen LogP contribution >= 0.6 is 0 Å². The van der Waals surface area contributed by atoms with Gasteiger partial charge in [-0.25, -0.2) is 8.42 Å². The van der Waals surface area contributed by atoms with Crippen LogP contribution in [-0.2, 0) is 19.6 Å². The molecule has 134 valence electrons. The summed E-state index contributed by atoms with van der Waals surface area (Å²) in [5.74, 6) is -0.588. The van der Waals surface area contributed by atoms with Crippen molar-refractivity contribution in [2.75, 3.05) is 10.8 Å². The van der Waals surface area contributed by atoms with E-state index < -0.39 is 16.0 Å². The molecule has 0 bridgehead atoms. The van der Waals surface area contributed by atoms with Crippen molar-refractivity contribution in [3.63, 3.8) is 0 Å². The first-order chi connectivity index (χ1) is 11.7. The van der Waals surface area contributed by atoms with E-state index >= 15 is 0 Å². The normalized spacial score (nSPS) is 11.4. The minimum absolute atomic E-state index is 0.133. The van der Waals surface area contributed by atoms with Crippen molar-refractivity contribution in [2.45, 2.75) is 38.7 Å². The van der Waals surface area contributed by atoms with Crippen LogP contribution < -0.4 is 4.31 Å². The van der Waals surface area contributed by atoms with E-state index in [1.807, 2.05) is 26.0 Å². The first-order valence-corrected chi connectivity index (χ1v) is 9.50. The maximum absolute atomic E-state index is 13.1. The third kappa shape index (κ3) is 4.60. The average molecular weight is 361 g/mol. The van der Waals surface area contributed by atoms with Gasteiger partial charge in [0, 0.05) is 0 Å². The molecule has 0 fully saturated rings. The van der Waals surface area contributed by atoms with Gasteiger partial charge in [0.25, 0.3) is 10.0 Å². The SMILES string of the molecule is Cc1ccc(C)c(N(CC(=O)OC(C)C)S(=O)(=O)c2ccccc2)c1. The van der Waals surface area contributed by atoms with E-state index in [1.54, 1.807) is 38.1 Å². The van der Waals surface area contributed by atoms with Crippen LogP contribution in [0.25, 0.3) is 0 Å². The first kappa shape index (κ1) is 19.0. The highest BCUT2D eigenvalue weighted by molar-refractivity contribution is 7.92. The Morgan fingerprint density at radius 3 is 2.32 bits per heavy atom. The summed E-state index contributed by atoms with van der Waals surface area (Å²) in [5.41, 5.74) is 2.15. The van der Waals surface area contributed by atoms with E-state index in [9.17, 15) is 13.2 Å². The maximum atomic E-state index is 13.1. The highest BCUT2D eigenvalue weighted by Gasteiger charge is 2.29. The van der Waals surface area contributed by atoms with Gasteiger partial charge in [-0.15, -0.1) is 0 Å². The minimum atomic E-state index is -3.89. The summed E-state index contributed by atoms with van der Waals surface area (Å²) in [4.78, 5) is 12.3. The first-order valence-electron chi connectivity index (χ1n) is 8.06. The molecule has 0 heterocycles. The summed E-state index contributed by atoms with van der Waals surface area (Å²) < 4.78 is 32.6. The molecule has 0 saturated carbocycles. The van der Waals surface area contributed by atoms with Crippen LogP contribution in [0.5, 0.6) is 0 Å². The van der Waals surface area contributed by atoms with Gasteiger partial charge in [-0.3, -0.25) is 9.10 Å². The Balaban J connectivity index is 2.52. The fourth-order valence-electron chi connectivity index (χ4n) is 2.42. The van der Waals surface area contributed by atoms with Crippen LogP contribution in [0.4, 0.5) is 5.69 Å². The zero-order chi connectivity index (χ0) is 18.6. The number of hydrogen-bond donors (Lipinski definition) is 0. The van der Waals surface area contributed by atoms with Gasteiger partial charge in [0.05, 0.1) is 16.7 Å². The van der Waals surface area contributed by atoms with Crippen molar-refractivity contribution < 1.29 is 17.9 Å². The van der Waals surface area contributed by atoms with Gasteiger partial charge in [0.1, 0.15) is 6.54 Å². The van der Waals surface area contributed by atoms with Gasteiger partial charge in [-0.2, -0.15) is 0 Å². The molecule has 0 saturated heterocycles. The fraction of sp³-hybridized carbons (Fsp3) is 0.316. The van der Waals surface area contributed by atoms with Gasteiger partial charge in [-0.1, -0.05) is 30.3 Å². The molecule has 0 spiro atoms. The Labute approximate surface area is 149 Å². The number of ether oxygens (including phenoxy) is 1. The van der Waals surface area contributed by atoms with Gasteiger partial charge in [-0.05, 0) is 57.0 Å². The number of nitrogens with zero attached hydrogens (tertiary/aromatic N) is 1. The van der Waals surface area contributed by atoms with Crippen molar-refractivity contribution in [2.24, 2.45) is 0 Å². The van der Waals surface area contributed by atoms with Crippen molar-refractivity contribution in [3.05, 3.63) is 59.7 Å². The molecule has 0 N–H and O–H groups in total. The average Bonchev–Trinajstić information content (AvgIpc) is 2.55. The predicted octanol–water partition coefficient (Wildman–Crippen LogP) is 3.45. The summed E-state index contributed by atoms with van der Waals surface area (Å²) in [6, 6.07) is 13.6. The molecular formula is C19H23NO4S. The largest absolute Gasteiger partial charge is 0.462 e. The van der Waals surface area contributed by atoms with Crippen LogP contribution in [0.1, 0.15) is 25.0 Å².